The summed E-state index contributed by atoms with van der Waals surface area (Å²) in [5, 5.41) is -0.0510. The fourth-order valence-electron chi connectivity index (χ4n) is 2.03. The second-order valence-corrected chi connectivity index (χ2v) is 4.66. The van der Waals surface area contributed by atoms with Crippen LogP contribution in [-0.4, -0.2) is 25.0 Å². The van der Waals surface area contributed by atoms with Crippen LogP contribution in [0.3, 0.4) is 0 Å². The molecule has 19 heavy (non-hydrogen) atoms. The van der Waals surface area contributed by atoms with Crippen molar-refractivity contribution < 1.29 is 18.7 Å². The van der Waals surface area contributed by atoms with E-state index in [-0.39, 0.29) is 36.5 Å². The molecule has 0 aromatic heterocycles. The number of halogens is 2. The van der Waals surface area contributed by atoms with Crippen molar-refractivity contribution in [2.75, 3.05) is 18.1 Å². The van der Waals surface area contributed by atoms with Gasteiger partial charge in [0.05, 0.1) is 17.5 Å². The first kappa shape index (κ1) is 13.8. The summed E-state index contributed by atoms with van der Waals surface area (Å²) in [6, 6.07) is 4.04. The van der Waals surface area contributed by atoms with Crippen molar-refractivity contribution in [2.45, 2.75) is 13.3 Å². The average molecular weight is 286 g/mol. The molecule has 1 aromatic rings. The van der Waals surface area contributed by atoms with E-state index in [4.69, 9.17) is 16.3 Å². The zero-order chi connectivity index (χ0) is 14.0. The third-order valence-electron chi connectivity index (χ3n) is 2.96. The molecule has 1 unspecified atom stereocenters. The van der Waals surface area contributed by atoms with Crippen molar-refractivity contribution in [1.82, 2.24) is 0 Å². The highest BCUT2D eigenvalue weighted by Crippen LogP contribution is 2.28. The molecule has 0 N–H and O–H groups in total. The summed E-state index contributed by atoms with van der Waals surface area (Å²) >= 11 is 5.68. The number of rotatable bonds is 3. The fraction of sp³-hybridized carbons (Fsp3) is 0.385. The van der Waals surface area contributed by atoms with E-state index >= 15 is 0 Å². The van der Waals surface area contributed by atoms with Crippen LogP contribution in [0.1, 0.15) is 13.3 Å². The Morgan fingerprint density at radius 2 is 2.32 bits per heavy atom. The van der Waals surface area contributed by atoms with Crippen LogP contribution in [0, 0.1) is 11.7 Å². The van der Waals surface area contributed by atoms with Gasteiger partial charge < -0.3 is 9.64 Å². The number of amides is 1. The summed E-state index contributed by atoms with van der Waals surface area (Å²) in [7, 11) is 0. The highest BCUT2D eigenvalue weighted by molar-refractivity contribution is 6.31. The maximum Gasteiger partial charge on any atom is 0.311 e. The molecule has 1 amide bonds. The Kier molecular flexibility index (Phi) is 4.04. The van der Waals surface area contributed by atoms with Gasteiger partial charge in [0.1, 0.15) is 5.82 Å². The van der Waals surface area contributed by atoms with Gasteiger partial charge in [-0.25, -0.2) is 4.39 Å². The molecule has 1 fully saturated rings. The van der Waals surface area contributed by atoms with Crippen LogP contribution in [0.2, 0.25) is 5.02 Å². The topological polar surface area (TPSA) is 46.6 Å². The number of carbonyl (C=O) groups is 2. The molecular weight excluding hydrogens is 273 g/mol. The van der Waals surface area contributed by atoms with Crippen molar-refractivity contribution in [2.24, 2.45) is 5.92 Å². The highest BCUT2D eigenvalue weighted by atomic mass is 35.5. The van der Waals surface area contributed by atoms with Crippen molar-refractivity contribution >= 4 is 29.2 Å². The number of carbonyl (C=O) groups excluding carboxylic acids is 2. The van der Waals surface area contributed by atoms with Gasteiger partial charge in [-0.2, -0.15) is 0 Å². The molecule has 0 aliphatic carbocycles. The molecule has 0 bridgehead atoms. The van der Waals surface area contributed by atoms with Crippen LogP contribution in [-0.2, 0) is 14.3 Å². The van der Waals surface area contributed by atoms with E-state index in [2.05, 4.69) is 0 Å². The molecule has 1 heterocycles. The lowest BCUT2D eigenvalue weighted by Gasteiger charge is -2.16. The van der Waals surface area contributed by atoms with Crippen molar-refractivity contribution in [3.8, 4) is 0 Å². The number of hydrogen-bond acceptors (Lipinski definition) is 3. The predicted molar refractivity (Wildman–Crippen MR) is 68.5 cm³/mol. The lowest BCUT2D eigenvalue weighted by molar-refractivity contribution is -0.147. The molecule has 102 valence electrons. The maximum absolute atomic E-state index is 13.1. The van der Waals surface area contributed by atoms with E-state index in [1.54, 1.807) is 6.92 Å². The largest absolute Gasteiger partial charge is 0.466 e. The molecule has 1 atom stereocenters. The van der Waals surface area contributed by atoms with Gasteiger partial charge in [0.2, 0.25) is 5.91 Å². The third-order valence-corrected chi connectivity index (χ3v) is 3.25. The van der Waals surface area contributed by atoms with Gasteiger partial charge in [-0.15, -0.1) is 0 Å². The van der Waals surface area contributed by atoms with E-state index in [1.807, 2.05) is 0 Å². The Balaban J connectivity index is 2.15. The van der Waals surface area contributed by atoms with Gasteiger partial charge >= 0.3 is 5.97 Å². The molecule has 0 radical (unpaired) electrons. The van der Waals surface area contributed by atoms with Gasteiger partial charge in [0.25, 0.3) is 0 Å². The van der Waals surface area contributed by atoms with E-state index in [1.165, 1.54) is 23.1 Å². The summed E-state index contributed by atoms with van der Waals surface area (Å²) in [5.41, 5.74) is 0.489. The highest BCUT2D eigenvalue weighted by Gasteiger charge is 2.36. The van der Waals surface area contributed by atoms with E-state index in [0.29, 0.717) is 5.69 Å². The SMILES string of the molecule is CCOC(=O)C1CC(=O)N(c2ccc(F)c(Cl)c2)C1. The summed E-state index contributed by atoms with van der Waals surface area (Å²) in [6.45, 7) is 2.23. The third kappa shape index (κ3) is 2.87. The Morgan fingerprint density at radius 3 is 2.95 bits per heavy atom. The molecule has 4 nitrogen and oxygen atoms in total. The normalized spacial score (nSPS) is 18.8. The number of hydrogen-bond donors (Lipinski definition) is 0. The van der Waals surface area contributed by atoms with Crippen LogP contribution in [0.15, 0.2) is 18.2 Å². The lowest BCUT2D eigenvalue weighted by atomic mass is 10.1. The van der Waals surface area contributed by atoms with E-state index in [9.17, 15) is 14.0 Å². The van der Waals surface area contributed by atoms with Gasteiger partial charge in [0.15, 0.2) is 0 Å². The van der Waals surface area contributed by atoms with E-state index in [0.717, 1.165) is 0 Å². The minimum atomic E-state index is -0.543. The molecule has 2 rings (SSSR count). The molecule has 0 spiro atoms. The van der Waals surface area contributed by atoms with Crippen LogP contribution >= 0.6 is 11.6 Å². The molecule has 0 saturated carbocycles. The summed E-state index contributed by atoms with van der Waals surface area (Å²) in [6.07, 6.45) is 0.105. The van der Waals surface area contributed by atoms with Crippen molar-refractivity contribution in [3.63, 3.8) is 0 Å². The molecule has 1 aliphatic heterocycles. The van der Waals surface area contributed by atoms with Crippen LogP contribution < -0.4 is 4.90 Å². The van der Waals surface area contributed by atoms with Gasteiger partial charge in [0, 0.05) is 18.7 Å². The maximum atomic E-state index is 13.1. The average Bonchev–Trinajstić information content (AvgIpc) is 2.75. The minimum Gasteiger partial charge on any atom is -0.466 e. The van der Waals surface area contributed by atoms with Crippen molar-refractivity contribution in [3.05, 3.63) is 29.0 Å². The Morgan fingerprint density at radius 1 is 1.58 bits per heavy atom. The Bertz CT molecular complexity index is 521. The van der Waals surface area contributed by atoms with Gasteiger partial charge in [-0.1, -0.05) is 11.6 Å². The smallest absolute Gasteiger partial charge is 0.311 e. The lowest BCUT2D eigenvalue weighted by Crippen LogP contribution is -2.26. The second kappa shape index (κ2) is 5.57. The number of ether oxygens (including phenoxy) is 1. The van der Waals surface area contributed by atoms with Crippen LogP contribution in [0.4, 0.5) is 10.1 Å². The molecule has 1 aliphatic rings. The van der Waals surface area contributed by atoms with Gasteiger partial charge in [-0.3, -0.25) is 9.59 Å². The Hall–Kier alpha value is -1.62. The summed E-state index contributed by atoms with van der Waals surface area (Å²) in [4.78, 5) is 24.9. The summed E-state index contributed by atoms with van der Waals surface area (Å²) < 4.78 is 18.0. The number of anilines is 1. The van der Waals surface area contributed by atoms with Crippen molar-refractivity contribution in [1.29, 1.82) is 0 Å². The first-order valence-electron chi connectivity index (χ1n) is 5.95. The number of benzene rings is 1. The summed E-state index contributed by atoms with van der Waals surface area (Å²) in [5.74, 6) is -1.59. The van der Waals surface area contributed by atoms with Crippen LogP contribution in [0.25, 0.3) is 0 Å². The van der Waals surface area contributed by atoms with E-state index < -0.39 is 11.7 Å². The first-order chi connectivity index (χ1) is 9.02. The quantitative estimate of drug-likeness (QED) is 0.801. The fourth-order valence-corrected chi connectivity index (χ4v) is 2.20. The molecule has 1 aromatic carbocycles. The second-order valence-electron chi connectivity index (χ2n) is 4.26. The van der Waals surface area contributed by atoms with Crippen LogP contribution in [0.5, 0.6) is 0 Å². The number of esters is 1. The first-order valence-corrected chi connectivity index (χ1v) is 6.32. The number of nitrogens with zero attached hydrogens (tertiary/aromatic N) is 1. The monoisotopic (exact) mass is 285 g/mol. The predicted octanol–water partition coefficient (Wildman–Crippen LogP) is 2.40. The molecule has 6 heteroatoms. The molecular formula is C13H13ClFNO3. The zero-order valence-corrected chi connectivity index (χ0v) is 11.1. The Labute approximate surface area is 115 Å². The molecule has 1 saturated heterocycles. The zero-order valence-electron chi connectivity index (χ0n) is 10.4. The standard InChI is InChI=1S/C13H13ClFNO3/c1-2-19-13(18)8-5-12(17)16(7-8)9-3-4-11(15)10(14)6-9/h3-4,6,8H,2,5,7H2,1H3. The minimum absolute atomic E-state index is 0.0510. The van der Waals surface area contributed by atoms with Gasteiger partial charge in [-0.05, 0) is 25.1 Å².